The minimum atomic E-state index is -0.974. The minimum Gasteiger partial charge on any atom is -0.493 e. The maximum absolute atomic E-state index is 12.3. The van der Waals surface area contributed by atoms with Crippen molar-refractivity contribution in [1.29, 1.82) is 0 Å². The Kier molecular flexibility index (Phi) is 5.24. The zero-order valence-corrected chi connectivity index (χ0v) is 14.9. The van der Waals surface area contributed by atoms with Crippen LogP contribution in [0, 0.1) is 0 Å². The average molecular weight is 353 g/mol. The quantitative estimate of drug-likeness (QED) is 0.814. The van der Waals surface area contributed by atoms with Crippen LogP contribution < -0.4 is 9.47 Å². The van der Waals surface area contributed by atoms with E-state index in [1.165, 1.54) is 0 Å². The van der Waals surface area contributed by atoms with E-state index < -0.39 is 11.4 Å². The van der Waals surface area contributed by atoms with Gasteiger partial charge in [-0.25, -0.2) is 0 Å². The van der Waals surface area contributed by atoms with Crippen molar-refractivity contribution in [2.45, 2.75) is 69.3 Å². The molecule has 0 saturated heterocycles. The molecule has 1 N–H and O–H groups in total. The molecule has 4 nitrogen and oxygen atoms in total. The summed E-state index contributed by atoms with van der Waals surface area (Å²) in [5.74, 6) is 0.308. The van der Waals surface area contributed by atoms with Crippen molar-refractivity contribution in [2.24, 2.45) is 0 Å². The summed E-state index contributed by atoms with van der Waals surface area (Å²) >= 11 is 6.51. The van der Waals surface area contributed by atoms with Gasteiger partial charge in [-0.2, -0.15) is 0 Å². The van der Waals surface area contributed by atoms with Crippen molar-refractivity contribution < 1.29 is 19.4 Å². The third kappa shape index (κ3) is 3.08. The molecule has 3 rings (SSSR count). The molecule has 2 aliphatic carbocycles. The zero-order valence-electron chi connectivity index (χ0n) is 14.1. The van der Waals surface area contributed by atoms with Gasteiger partial charge in [-0.1, -0.05) is 30.9 Å². The maximum atomic E-state index is 12.3. The largest absolute Gasteiger partial charge is 0.493 e. The summed E-state index contributed by atoms with van der Waals surface area (Å²) in [6, 6.07) is 3.50. The average Bonchev–Trinajstić information content (AvgIpc) is 3.09. The summed E-state index contributed by atoms with van der Waals surface area (Å²) in [5.41, 5.74) is -0.361. The van der Waals surface area contributed by atoms with Crippen LogP contribution >= 0.6 is 11.6 Å². The molecule has 2 aliphatic rings. The van der Waals surface area contributed by atoms with E-state index in [0.717, 1.165) is 44.9 Å². The molecule has 0 radical (unpaired) electrons. The van der Waals surface area contributed by atoms with Crippen LogP contribution in [0.4, 0.5) is 0 Å². The molecule has 0 unspecified atom stereocenters. The number of hydrogen-bond acceptors (Lipinski definition) is 3. The molecule has 1 aromatic carbocycles. The highest BCUT2D eigenvalue weighted by atomic mass is 35.5. The van der Waals surface area contributed by atoms with Crippen molar-refractivity contribution in [3.05, 3.63) is 22.7 Å². The first-order valence-corrected chi connectivity index (χ1v) is 9.23. The summed E-state index contributed by atoms with van der Waals surface area (Å²) in [4.78, 5) is 12.3. The van der Waals surface area contributed by atoms with E-state index in [0.29, 0.717) is 34.9 Å². The molecule has 0 heterocycles. The van der Waals surface area contributed by atoms with Crippen LogP contribution in [0.5, 0.6) is 11.5 Å². The lowest BCUT2D eigenvalue weighted by Gasteiger charge is -2.36. The molecule has 132 valence electrons. The highest BCUT2D eigenvalue weighted by molar-refractivity contribution is 6.32. The number of benzene rings is 1. The number of aliphatic carboxylic acids is 1. The Balaban J connectivity index is 2.11. The Morgan fingerprint density at radius 2 is 1.83 bits per heavy atom. The van der Waals surface area contributed by atoms with Crippen molar-refractivity contribution in [3.63, 3.8) is 0 Å². The first kappa shape index (κ1) is 17.4. The predicted molar refractivity (Wildman–Crippen MR) is 93.3 cm³/mol. The van der Waals surface area contributed by atoms with Crippen molar-refractivity contribution in [1.82, 2.24) is 0 Å². The predicted octanol–water partition coefficient (Wildman–Crippen LogP) is 4.96. The summed E-state index contributed by atoms with van der Waals surface area (Å²) in [5, 5.41) is 10.5. The molecule has 0 aromatic heterocycles. The maximum Gasteiger partial charge on any atom is 0.314 e. The fourth-order valence-electron chi connectivity index (χ4n) is 4.16. The fraction of sp³-hybridized carbons (Fsp3) is 0.632. The monoisotopic (exact) mass is 352 g/mol. The highest BCUT2D eigenvalue weighted by Crippen LogP contribution is 2.50. The molecule has 0 atom stereocenters. The lowest BCUT2D eigenvalue weighted by Crippen LogP contribution is -2.39. The number of carbonyl (C=O) groups is 1. The zero-order chi connectivity index (χ0) is 17.2. The van der Waals surface area contributed by atoms with Crippen LogP contribution in [-0.4, -0.2) is 24.3 Å². The first-order chi connectivity index (χ1) is 11.6. The van der Waals surface area contributed by atoms with Gasteiger partial charge in [0.1, 0.15) is 0 Å². The third-order valence-corrected chi connectivity index (χ3v) is 5.79. The van der Waals surface area contributed by atoms with Gasteiger partial charge < -0.3 is 14.6 Å². The third-order valence-electron chi connectivity index (χ3n) is 5.47. The number of carboxylic acids is 1. The second-order valence-electron chi connectivity index (χ2n) is 6.93. The van der Waals surface area contributed by atoms with Gasteiger partial charge in [0.15, 0.2) is 11.5 Å². The van der Waals surface area contributed by atoms with Crippen LogP contribution in [0.1, 0.15) is 63.4 Å². The molecular formula is C19H25ClO4. The topological polar surface area (TPSA) is 55.8 Å². The Morgan fingerprint density at radius 3 is 2.42 bits per heavy atom. The van der Waals surface area contributed by atoms with Gasteiger partial charge in [0.05, 0.1) is 18.6 Å². The molecule has 0 amide bonds. The second-order valence-corrected chi connectivity index (χ2v) is 7.33. The highest BCUT2D eigenvalue weighted by Gasteiger charge is 2.46. The van der Waals surface area contributed by atoms with Crippen LogP contribution in [0.25, 0.3) is 0 Å². The number of carboxylic acid groups (broad SMARTS) is 1. The van der Waals surface area contributed by atoms with Gasteiger partial charge in [0.25, 0.3) is 0 Å². The van der Waals surface area contributed by atoms with E-state index in [1.54, 1.807) is 19.2 Å². The molecule has 2 fully saturated rings. The van der Waals surface area contributed by atoms with Gasteiger partial charge >= 0.3 is 5.97 Å². The van der Waals surface area contributed by atoms with Crippen molar-refractivity contribution in [3.8, 4) is 11.5 Å². The van der Waals surface area contributed by atoms with Gasteiger partial charge in [0, 0.05) is 10.6 Å². The molecule has 5 heteroatoms. The summed E-state index contributed by atoms with van der Waals surface area (Å²) in [6.07, 6.45) is 8.43. The molecule has 24 heavy (non-hydrogen) atoms. The van der Waals surface area contributed by atoms with Crippen LogP contribution in [0.3, 0.4) is 0 Å². The van der Waals surface area contributed by atoms with Crippen LogP contribution in [-0.2, 0) is 10.2 Å². The second kappa shape index (κ2) is 7.22. The molecule has 0 spiro atoms. The number of hydrogen-bond donors (Lipinski definition) is 1. The lowest BCUT2D eigenvalue weighted by atomic mass is 9.69. The molecule has 0 aliphatic heterocycles. The van der Waals surface area contributed by atoms with E-state index >= 15 is 0 Å². The smallest absolute Gasteiger partial charge is 0.314 e. The molecule has 1 aromatic rings. The number of halogens is 1. The summed E-state index contributed by atoms with van der Waals surface area (Å²) < 4.78 is 11.8. The Hall–Kier alpha value is -1.42. The van der Waals surface area contributed by atoms with Crippen molar-refractivity contribution in [2.75, 3.05) is 7.11 Å². The lowest BCUT2D eigenvalue weighted by molar-refractivity contribution is -0.145. The summed E-state index contributed by atoms with van der Waals surface area (Å²) in [7, 11) is 1.59. The van der Waals surface area contributed by atoms with Gasteiger partial charge in [0.2, 0.25) is 0 Å². The van der Waals surface area contributed by atoms with Gasteiger partial charge in [-0.05, 0) is 50.7 Å². The first-order valence-electron chi connectivity index (χ1n) is 8.85. The number of methoxy groups -OCH3 is 1. The Bertz CT molecular complexity index is 602. The van der Waals surface area contributed by atoms with Crippen molar-refractivity contribution >= 4 is 17.6 Å². The minimum absolute atomic E-state index is 0.116. The summed E-state index contributed by atoms with van der Waals surface area (Å²) in [6.45, 7) is 0. The van der Waals surface area contributed by atoms with E-state index in [-0.39, 0.29) is 6.10 Å². The standard InChI is InChI=1S/C19H25ClO4/c1-23-15-10-9-14(20)16(17(15)24-13-7-3-4-8-13)19(18(21)22)11-5-2-6-12-19/h9-10,13H,2-8,11-12H2,1H3,(H,21,22). The van der Waals surface area contributed by atoms with E-state index in [2.05, 4.69) is 0 Å². The SMILES string of the molecule is COc1ccc(Cl)c(C2(C(=O)O)CCCCC2)c1OC1CCCC1. The van der Waals surface area contributed by atoms with Crippen LogP contribution in [0.15, 0.2) is 12.1 Å². The van der Waals surface area contributed by atoms with E-state index in [4.69, 9.17) is 21.1 Å². The van der Waals surface area contributed by atoms with Gasteiger partial charge in [-0.15, -0.1) is 0 Å². The number of rotatable bonds is 5. The fourth-order valence-corrected chi connectivity index (χ4v) is 4.49. The van der Waals surface area contributed by atoms with Gasteiger partial charge in [-0.3, -0.25) is 4.79 Å². The molecule has 0 bridgehead atoms. The van der Waals surface area contributed by atoms with Crippen LogP contribution in [0.2, 0.25) is 5.02 Å². The molecular weight excluding hydrogens is 328 g/mol. The van der Waals surface area contributed by atoms with E-state index in [1.807, 2.05) is 0 Å². The Morgan fingerprint density at radius 1 is 1.17 bits per heavy atom. The molecule has 2 saturated carbocycles. The number of ether oxygens (including phenoxy) is 2. The normalized spacial score (nSPS) is 20.8. The van der Waals surface area contributed by atoms with E-state index in [9.17, 15) is 9.90 Å². The Labute approximate surface area is 148 Å².